The number of pyridine rings is 1. The maximum atomic E-state index is 12.8. The highest BCUT2D eigenvalue weighted by atomic mass is 16.2. The van der Waals surface area contributed by atoms with Crippen molar-refractivity contribution in [1.29, 1.82) is 0 Å². The van der Waals surface area contributed by atoms with Gasteiger partial charge in [0, 0.05) is 50.2 Å². The number of hydrogen-bond acceptors (Lipinski definition) is 4. The molecule has 0 spiro atoms. The molecular formula is C24H28N6O3. The van der Waals surface area contributed by atoms with Crippen molar-refractivity contribution in [3.05, 3.63) is 64.3 Å². The molecule has 1 atom stereocenters. The Hall–Kier alpha value is -3.62. The van der Waals surface area contributed by atoms with Crippen LogP contribution in [0.2, 0.25) is 0 Å². The van der Waals surface area contributed by atoms with Gasteiger partial charge in [-0.1, -0.05) is 12.1 Å². The van der Waals surface area contributed by atoms with Crippen LogP contribution in [-0.2, 0) is 0 Å². The van der Waals surface area contributed by atoms with Crippen molar-refractivity contribution in [3.63, 3.8) is 0 Å². The molecule has 1 unspecified atom stereocenters. The topological polar surface area (TPSA) is 103 Å². The Balaban J connectivity index is 1.15. The lowest BCUT2D eigenvalue weighted by Crippen LogP contribution is -2.49. The number of H-pyrrole nitrogens is 1. The van der Waals surface area contributed by atoms with Crippen molar-refractivity contribution in [3.8, 4) is 0 Å². The van der Waals surface area contributed by atoms with Gasteiger partial charge in [0.25, 0.3) is 5.91 Å². The molecule has 2 saturated heterocycles. The molecule has 4 heterocycles. The van der Waals surface area contributed by atoms with E-state index in [-0.39, 0.29) is 29.7 Å². The van der Waals surface area contributed by atoms with E-state index in [0.717, 1.165) is 36.0 Å². The number of fused-ring (bicyclic) bond motifs is 1. The molecule has 2 N–H and O–H groups in total. The van der Waals surface area contributed by atoms with E-state index < -0.39 is 0 Å². The van der Waals surface area contributed by atoms with Crippen LogP contribution < -0.4 is 11.0 Å². The Morgan fingerprint density at radius 1 is 1.03 bits per heavy atom. The molecule has 2 aromatic heterocycles. The molecule has 0 saturated carbocycles. The van der Waals surface area contributed by atoms with Crippen LogP contribution in [-0.4, -0.2) is 68.5 Å². The Bertz CT molecular complexity index is 1220. The first kappa shape index (κ1) is 21.2. The number of aromatic amines is 1. The molecule has 3 aromatic rings. The van der Waals surface area contributed by atoms with Crippen LogP contribution in [0, 0.1) is 6.92 Å². The third kappa shape index (κ3) is 4.22. The van der Waals surface area contributed by atoms with E-state index in [1.807, 2.05) is 46.7 Å². The minimum atomic E-state index is -0.101. The summed E-state index contributed by atoms with van der Waals surface area (Å²) in [6.07, 6.45) is 3.79. The number of benzene rings is 1. The second kappa shape index (κ2) is 8.73. The summed E-state index contributed by atoms with van der Waals surface area (Å²) in [5, 5.41) is 3.09. The SMILES string of the molecule is Cc1ccc(C(=O)N2CCC(NC(=O)N3CCC(n4c(=O)[nH]c5ccccc54)CC3)C2)cn1. The zero-order chi connectivity index (χ0) is 22.9. The van der Waals surface area contributed by atoms with Crippen molar-refractivity contribution >= 4 is 23.0 Å². The third-order valence-corrected chi connectivity index (χ3v) is 6.70. The summed E-state index contributed by atoms with van der Waals surface area (Å²) >= 11 is 0. The largest absolute Gasteiger partial charge is 0.336 e. The van der Waals surface area contributed by atoms with E-state index in [4.69, 9.17) is 0 Å². The average molecular weight is 449 g/mol. The van der Waals surface area contributed by atoms with Gasteiger partial charge in [0.1, 0.15) is 0 Å². The van der Waals surface area contributed by atoms with Gasteiger partial charge in [0.15, 0.2) is 0 Å². The van der Waals surface area contributed by atoms with Crippen molar-refractivity contribution in [2.24, 2.45) is 0 Å². The van der Waals surface area contributed by atoms with E-state index in [1.54, 1.807) is 17.2 Å². The highest BCUT2D eigenvalue weighted by molar-refractivity contribution is 5.94. The van der Waals surface area contributed by atoms with Gasteiger partial charge in [-0.05, 0) is 50.5 Å². The van der Waals surface area contributed by atoms with Gasteiger partial charge >= 0.3 is 11.7 Å². The number of piperidine rings is 1. The molecule has 9 nitrogen and oxygen atoms in total. The lowest BCUT2D eigenvalue weighted by atomic mass is 10.0. The number of rotatable bonds is 3. The number of imidazole rings is 1. The molecule has 172 valence electrons. The highest BCUT2D eigenvalue weighted by Crippen LogP contribution is 2.25. The Morgan fingerprint density at radius 2 is 1.79 bits per heavy atom. The number of aromatic nitrogens is 3. The van der Waals surface area contributed by atoms with Gasteiger partial charge in [-0.3, -0.25) is 14.3 Å². The molecule has 0 radical (unpaired) electrons. The first-order chi connectivity index (χ1) is 16.0. The number of carbonyl (C=O) groups excluding carboxylic acids is 2. The molecule has 3 amide bonds. The van der Waals surface area contributed by atoms with E-state index in [9.17, 15) is 14.4 Å². The van der Waals surface area contributed by atoms with Crippen LogP contribution in [0.25, 0.3) is 11.0 Å². The lowest BCUT2D eigenvalue weighted by molar-refractivity contribution is 0.0788. The van der Waals surface area contributed by atoms with Crippen LogP contribution in [0.15, 0.2) is 47.4 Å². The smallest absolute Gasteiger partial charge is 0.326 e. The first-order valence-electron chi connectivity index (χ1n) is 11.5. The number of nitrogens with one attached hydrogen (secondary N) is 2. The summed E-state index contributed by atoms with van der Waals surface area (Å²) in [6.45, 7) is 4.18. The first-order valence-corrected chi connectivity index (χ1v) is 11.5. The number of nitrogens with zero attached hydrogens (tertiary/aromatic N) is 4. The Kier molecular flexibility index (Phi) is 5.62. The summed E-state index contributed by atoms with van der Waals surface area (Å²) in [7, 11) is 0. The fraction of sp³-hybridized carbons (Fsp3) is 0.417. The van der Waals surface area contributed by atoms with Crippen molar-refractivity contribution < 1.29 is 9.59 Å². The normalized spacial score (nSPS) is 19.2. The maximum absolute atomic E-state index is 12.8. The van der Waals surface area contributed by atoms with Gasteiger partial charge in [-0.2, -0.15) is 0 Å². The molecule has 33 heavy (non-hydrogen) atoms. The lowest BCUT2D eigenvalue weighted by Gasteiger charge is -2.33. The van der Waals surface area contributed by atoms with Crippen LogP contribution in [0.5, 0.6) is 0 Å². The van der Waals surface area contributed by atoms with E-state index in [1.165, 1.54) is 0 Å². The van der Waals surface area contributed by atoms with Crippen molar-refractivity contribution in [1.82, 2.24) is 29.7 Å². The zero-order valence-electron chi connectivity index (χ0n) is 18.7. The van der Waals surface area contributed by atoms with Crippen LogP contribution in [0.4, 0.5) is 4.79 Å². The van der Waals surface area contributed by atoms with Gasteiger partial charge in [-0.25, -0.2) is 9.59 Å². The number of hydrogen-bond donors (Lipinski definition) is 2. The number of likely N-dealkylation sites (tertiary alicyclic amines) is 2. The Morgan fingerprint density at radius 3 is 2.55 bits per heavy atom. The summed E-state index contributed by atoms with van der Waals surface area (Å²) in [5.74, 6) is -0.0516. The number of amides is 3. The number of carbonyl (C=O) groups is 2. The predicted octanol–water partition coefficient (Wildman–Crippen LogP) is 2.29. The van der Waals surface area contributed by atoms with E-state index in [0.29, 0.717) is 31.7 Å². The quantitative estimate of drug-likeness (QED) is 0.642. The predicted molar refractivity (Wildman–Crippen MR) is 124 cm³/mol. The molecular weight excluding hydrogens is 420 g/mol. The van der Waals surface area contributed by atoms with Gasteiger partial charge < -0.3 is 20.1 Å². The average Bonchev–Trinajstić information content (AvgIpc) is 3.42. The molecule has 1 aromatic carbocycles. The van der Waals surface area contributed by atoms with Crippen LogP contribution in [0.3, 0.4) is 0 Å². The summed E-state index contributed by atoms with van der Waals surface area (Å²) < 4.78 is 1.82. The number of aryl methyl sites for hydroxylation is 1. The van der Waals surface area contributed by atoms with Gasteiger partial charge in [0.05, 0.1) is 16.6 Å². The fourth-order valence-corrected chi connectivity index (χ4v) is 4.87. The van der Waals surface area contributed by atoms with Crippen LogP contribution in [0.1, 0.15) is 41.4 Å². The number of para-hydroxylation sites is 2. The molecule has 5 rings (SSSR count). The molecule has 9 heteroatoms. The van der Waals surface area contributed by atoms with Gasteiger partial charge in [0.2, 0.25) is 0 Å². The van der Waals surface area contributed by atoms with E-state index in [2.05, 4.69) is 15.3 Å². The third-order valence-electron chi connectivity index (χ3n) is 6.70. The standard InChI is InChI=1S/C24H28N6O3/c1-16-6-7-17(14-25-16)22(31)29-11-8-18(15-29)26-23(32)28-12-9-19(10-13-28)30-21-5-3-2-4-20(21)27-24(30)33/h2-7,14,18-19H,8-13,15H2,1H3,(H,26,32)(H,27,33). The molecule has 2 fully saturated rings. The maximum Gasteiger partial charge on any atom is 0.326 e. The summed E-state index contributed by atoms with van der Waals surface area (Å²) in [5.41, 5.74) is 3.09. The minimum Gasteiger partial charge on any atom is -0.336 e. The monoisotopic (exact) mass is 448 g/mol. The summed E-state index contributed by atoms with van der Waals surface area (Å²) in [4.78, 5) is 48.7. The molecule has 2 aliphatic heterocycles. The van der Waals surface area contributed by atoms with Crippen molar-refractivity contribution in [2.45, 2.75) is 38.3 Å². The zero-order valence-corrected chi connectivity index (χ0v) is 18.7. The number of urea groups is 1. The van der Waals surface area contributed by atoms with Crippen LogP contribution >= 0.6 is 0 Å². The second-order valence-corrected chi connectivity index (χ2v) is 8.91. The molecule has 2 aliphatic rings. The molecule has 0 bridgehead atoms. The van der Waals surface area contributed by atoms with E-state index >= 15 is 0 Å². The van der Waals surface area contributed by atoms with Gasteiger partial charge in [-0.15, -0.1) is 0 Å². The summed E-state index contributed by atoms with van der Waals surface area (Å²) in [6, 6.07) is 11.2. The minimum absolute atomic E-state index is 0.0516. The Labute approximate surface area is 191 Å². The second-order valence-electron chi connectivity index (χ2n) is 8.91. The van der Waals surface area contributed by atoms with Crippen molar-refractivity contribution in [2.75, 3.05) is 26.2 Å². The fourth-order valence-electron chi connectivity index (χ4n) is 4.87. The highest BCUT2D eigenvalue weighted by Gasteiger charge is 2.31. The molecule has 0 aliphatic carbocycles.